The Morgan fingerprint density at radius 1 is 1.45 bits per heavy atom. The van der Waals surface area contributed by atoms with Crippen molar-refractivity contribution in [3.05, 3.63) is 29.6 Å². The van der Waals surface area contributed by atoms with Crippen LogP contribution in [0.15, 0.2) is 18.3 Å². The molecule has 0 unspecified atom stereocenters. The van der Waals surface area contributed by atoms with Gasteiger partial charge in [0, 0.05) is 13.2 Å². The summed E-state index contributed by atoms with van der Waals surface area (Å²) in [5, 5.41) is 1.15. The minimum atomic E-state index is -4.38. The van der Waals surface area contributed by atoms with Gasteiger partial charge in [-0.3, -0.25) is 14.8 Å². The zero-order chi connectivity index (χ0) is 15.2. The van der Waals surface area contributed by atoms with Crippen molar-refractivity contribution in [2.45, 2.75) is 31.7 Å². The fraction of sp³-hybridized carbons (Fsp3) is 0.500. The number of nitrogens with zero attached hydrogens (tertiary/aromatic N) is 2. The van der Waals surface area contributed by atoms with E-state index in [1.807, 2.05) is 0 Å². The summed E-state index contributed by atoms with van der Waals surface area (Å²) in [4.78, 5) is 13.8. The van der Waals surface area contributed by atoms with Crippen molar-refractivity contribution in [1.29, 1.82) is 0 Å². The van der Waals surface area contributed by atoms with Gasteiger partial charge in [0.1, 0.15) is 6.17 Å². The van der Waals surface area contributed by atoms with Crippen molar-refractivity contribution in [2.75, 3.05) is 7.05 Å². The maximum absolute atomic E-state index is 12.2. The van der Waals surface area contributed by atoms with Crippen LogP contribution in [0.25, 0.3) is 0 Å². The molecule has 1 N–H and O–H groups in total. The fourth-order valence-corrected chi connectivity index (χ4v) is 1.00. The van der Waals surface area contributed by atoms with E-state index in [4.69, 9.17) is 0 Å². The molecule has 0 bridgehead atoms. The number of aromatic nitrogens is 1. The van der Waals surface area contributed by atoms with Crippen molar-refractivity contribution in [3.8, 4) is 0 Å². The van der Waals surface area contributed by atoms with Gasteiger partial charge >= 0.3 is 6.18 Å². The second-order valence-corrected chi connectivity index (χ2v) is 4.26. The van der Waals surface area contributed by atoms with Gasteiger partial charge in [0.25, 0.3) is 0 Å². The zero-order valence-electron chi connectivity index (χ0n) is 10.8. The Balaban J connectivity index is 0.000000425. The number of carbonyl (C=O) groups excluding carboxylic acids is 1. The quantitative estimate of drug-likeness (QED) is 0.526. The summed E-state index contributed by atoms with van der Waals surface area (Å²) in [7, 11) is 1.48. The van der Waals surface area contributed by atoms with Crippen LogP contribution in [-0.2, 0) is 17.5 Å². The normalized spacial score (nSPS) is 14.2. The van der Waals surface area contributed by atoms with Gasteiger partial charge in [-0.15, -0.1) is 0 Å². The number of amides is 1. The standard InChI is InChI=1S/C9H10F3N3O.C3H5F/c1-15(6-16)14-5-8-3-2-7(4-13-8)9(10,11)12;4-3-1-2-3/h2-4,6,14H,5H2,1H3;3H,1-2H2. The van der Waals surface area contributed by atoms with Crippen LogP contribution in [0.1, 0.15) is 24.1 Å². The van der Waals surface area contributed by atoms with Gasteiger partial charge in [-0.25, -0.2) is 9.82 Å². The number of alkyl halides is 4. The fourth-order valence-electron chi connectivity index (χ4n) is 1.00. The van der Waals surface area contributed by atoms with Gasteiger partial charge in [0.2, 0.25) is 6.41 Å². The highest BCUT2D eigenvalue weighted by Gasteiger charge is 2.30. The molecule has 1 aliphatic carbocycles. The Bertz CT molecular complexity index is 418. The lowest BCUT2D eigenvalue weighted by molar-refractivity contribution is -0.137. The Labute approximate surface area is 113 Å². The number of nitrogens with one attached hydrogen (secondary N) is 1. The van der Waals surface area contributed by atoms with E-state index in [2.05, 4.69) is 10.4 Å². The molecule has 1 aromatic rings. The number of carbonyl (C=O) groups is 1. The molecule has 0 spiro atoms. The molecule has 8 heteroatoms. The largest absolute Gasteiger partial charge is 0.417 e. The third-order valence-corrected chi connectivity index (χ3v) is 2.33. The summed E-state index contributed by atoms with van der Waals surface area (Å²) in [6, 6.07) is 2.21. The maximum Gasteiger partial charge on any atom is 0.417 e. The molecule has 0 aromatic carbocycles. The minimum Gasteiger partial charge on any atom is -0.283 e. The first-order valence-corrected chi connectivity index (χ1v) is 5.90. The number of hydrogen-bond donors (Lipinski definition) is 1. The average molecular weight is 293 g/mol. The Morgan fingerprint density at radius 3 is 2.40 bits per heavy atom. The molecule has 2 rings (SSSR count). The van der Waals surface area contributed by atoms with Crippen molar-refractivity contribution < 1.29 is 22.4 Å². The molecule has 4 nitrogen and oxygen atoms in total. The van der Waals surface area contributed by atoms with Crippen LogP contribution in [0.3, 0.4) is 0 Å². The Hall–Kier alpha value is -1.70. The molecule has 1 saturated carbocycles. The summed E-state index contributed by atoms with van der Waals surface area (Å²) in [6.45, 7) is 0.188. The molecule has 1 heterocycles. The van der Waals surface area contributed by atoms with Crippen molar-refractivity contribution >= 4 is 6.41 Å². The van der Waals surface area contributed by atoms with E-state index >= 15 is 0 Å². The van der Waals surface area contributed by atoms with Crippen LogP contribution in [-0.4, -0.2) is 29.6 Å². The molecule has 112 valence electrons. The van der Waals surface area contributed by atoms with Gasteiger partial charge in [-0.05, 0) is 25.0 Å². The van der Waals surface area contributed by atoms with E-state index in [1.54, 1.807) is 0 Å². The maximum atomic E-state index is 12.2. The lowest BCUT2D eigenvalue weighted by Gasteiger charge is -2.12. The Kier molecular flexibility index (Phi) is 5.87. The van der Waals surface area contributed by atoms with Gasteiger partial charge in [0.15, 0.2) is 0 Å². The van der Waals surface area contributed by atoms with Crippen molar-refractivity contribution in [3.63, 3.8) is 0 Å². The highest BCUT2D eigenvalue weighted by molar-refractivity contribution is 5.45. The topological polar surface area (TPSA) is 45.2 Å². The predicted octanol–water partition coefficient (Wildman–Crippen LogP) is 2.31. The zero-order valence-corrected chi connectivity index (χ0v) is 10.8. The molecule has 0 radical (unpaired) electrons. The highest BCUT2D eigenvalue weighted by Crippen LogP contribution is 2.28. The van der Waals surface area contributed by atoms with Crippen LogP contribution in [0, 0.1) is 0 Å². The second-order valence-electron chi connectivity index (χ2n) is 4.26. The molecule has 1 amide bonds. The van der Waals surface area contributed by atoms with Crippen LogP contribution >= 0.6 is 0 Å². The average Bonchev–Trinajstić information content (AvgIpc) is 3.18. The SMILES string of the molecule is CN(C=O)NCc1ccc(C(F)(F)F)cn1.FC1CC1. The minimum absolute atomic E-state index is 0.188. The third-order valence-electron chi connectivity index (χ3n) is 2.33. The summed E-state index contributed by atoms with van der Waals surface area (Å²) in [5.41, 5.74) is 2.25. The second kappa shape index (κ2) is 7.18. The van der Waals surface area contributed by atoms with E-state index in [0.717, 1.165) is 30.1 Å². The Morgan fingerprint density at radius 2 is 2.05 bits per heavy atom. The molecule has 0 aliphatic heterocycles. The lowest BCUT2D eigenvalue weighted by atomic mass is 10.2. The van der Waals surface area contributed by atoms with E-state index in [9.17, 15) is 22.4 Å². The molecule has 1 fully saturated rings. The van der Waals surface area contributed by atoms with E-state index < -0.39 is 17.9 Å². The molecule has 0 saturated heterocycles. The van der Waals surface area contributed by atoms with Gasteiger partial charge < -0.3 is 0 Å². The molecule has 1 aromatic heterocycles. The molecule has 20 heavy (non-hydrogen) atoms. The summed E-state index contributed by atoms with van der Waals surface area (Å²) in [5.74, 6) is 0. The van der Waals surface area contributed by atoms with Crippen molar-refractivity contribution in [1.82, 2.24) is 15.4 Å². The summed E-state index contributed by atoms with van der Waals surface area (Å²) < 4.78 is 47.6. The van der Waals surface area contributed by atoms with E-state index in [1.165, 1.54) is 13.1 Å². The predicted molar refractivity (Wildman–Crippen MR) is 64.0 cm³/mol. The molecular weight excluding hydrogens is 278 g/mol. The van der Waals surface area contributed by atoms with Crippen LogP contribution in [0.2, 0.25) is 0 Å². The summed E-state index contributed by atoms with van der Waals surface area (Å²) >= 11 is 0. The van der Waals surface area contributed by atoms with Crippen LogP contribution in [0.4, 0.5) is 17.6 Å². The first kappa shape index (κ1) is 16.4. The van der Waals surface area contributed by atoms with Crippen molar-refractivity contribution in [2.24, 2.45) is 0 Å². The van der Waals surface area contributed by atoms with E-state index in [0.29, 0.717) is 12.1 Å². The third kappa shape index (κ3) is 6.46. The summed E-state index contributed by atoms with van der Waals surface area (Å²) in [6.07, 6.45) is -1.85. The van der Waals surface area contributed by atoms with Crippen LogP contribution < -0.4 is 5.43 Å². The molecule has 0 atom stereocenters. The number of rotatable bonds is 4. The molecule has 1 aliphatic rings. The smallest absolute Gasteiger partial charge is 0.283 e. The number of hydrogen-bond acceptors (Lipinski definition) is 3. The van der Waals surface area contributed by atoms with Crippen LogP contribution in [0.5, 0.6) is 0 Å². The van der Waals surface area contributed by atoms with Gasteiger partial charge in [-0.2, -0.15) is 13.2 Å². The van der Waals surface area contributed by atoms with Gasteiger partial charge in [0.05, 0.1) is 17.8 Å². The first-order chi connectivity index (χ1) is 9.32. The molecular formula is C12H15F4N3O. The lowest BCUT2D eigenvalue weighted by Crippen LogP contribution is -2.32. The van der Waals surface area contributed by atoms with Gasteiger partial charge in [-0.1, -0.05) is 0 Å². The number of hydrazine groups is 1. The number of pyridine rings is 1. The highest BCUT2D eigenvalue weighted by atomic mass is 19.4. The van der Waals surface area contributed by atoms with E-state index in [-0.39, 0.29) is 6.54 Å². The first-order valence-electron chi connectivity index (χ1n) is 5.90. The monoisotopic (exact) mass is 293 g/mol. The number of halogens is 4.